The Bertz CT molecular complexity index is 1240. The fraction of sp³-hybridized carbons (Fsp3) is 0.0833. The van der Waals surface area contributed by atoms with Crippen molar-refractivity contribution in [3.05, 3.63) is 96.2 Å². The first-order chi connectivity index (χ1) is 13.8. The minimum atomic E-state index is 0.596. The van der Waals surface area contributed by atoms with Crippen LogP contribution in [-0.2, 0) is 6.54 Å². The van der Waals surface area contributed by atoms with E-state index in [4.69, 9.17) is 14.5 Å². The standard InChI is InChI=1S/C24H19N3O/c1-17-12-13-22-21(14-17)25-24(28-22)20-16-27(15-18-8-4-2-5-9-18)26-23(20)19-10-6-3-7-11-19/h2-14,16H,15H2,1H3. The molecule has 0 aliphatic carbocycles. The first kappa shape index (κ1) is 16.5. The highest BCUT2D eigenvalue weighted by atomic mass is 16.3. The number of nitrogens with zero attached hydrogens (tertiary/aromatic N) is 3. The molecule has 5 aromatic rings. The summed E-state index contributed by atoms with van der Waals surface area (Å²) in [6.45, 7) is 2.75. The van der Waals surface area contributed by atoms with Gasteiger partial charge in [-0.05, 0) is 30.2 Å². The molecule has 0 spiro atoms. The fourth-order valence-corrected chi connectivity index (χ4v) is 3.39. The summed E-state index contributed by atoms with van der Waals surface area (Å²) < 4.78 is 8.02. The van der Waals surface area contributed by atoms with Gasteiger partial charge in [-0.25, -0.2) is 4.98 Å². The summed E-state index contributed by atoms with van der Waals surface area (Å²) in [7, 11) is 0. The van der Waals surface area contributed by atoms with Crippen LogP contribution in [0.3, 0.4) is 0 Å². The van der Waals surface area contributed by atoms with Crippen LogP contribution in [0, 0.1) is 6.92 Å². The van der Waals surface area contributed by atoms with Crippen molar-refractivity contribution < 1.29 is 4.42 Å². The van der Waals surface area contributed by atoms with E-state index in [1.165, 1.54) is 5.56 Å². The van der Waals surface area contributed by atoms with Crippen LogP contribution >= 0.6 is 0 Å². The number of aryl methyl sites for hydroxylation is 1. The molecule has 0 saturated heterocycles. The number of hydrogen-bond acceptors (Lipinski definition) is 3. The van der Waals surface area contributed by atoms with Gasteiger partial charge in [0.25, 0.3) is 0 Å². The molecule has 0 fully saturated rings. The average Bonchev–Trinajstić information content (AvgIpc) is 3.33. The second-order valence-electron chi connectivity index (χ2n) is 6.93. The molecular formula is C24H19N3O. The Hall–Kier alpha value is -3.66. The number of hydrogen-bond donors (Lipinski definition) is 0. The van der Waals surface area contributed by atoms with Crippen LogP contribution in [0.25, 0.3) is 33.8 Å². The monoisotopic (exact) mass is 365 g/mol. The first-order valence-corrected chi connectivity index (χ1v) is 9.31. The summed E-state index contributed by atoms with van der Waals surface area (Å²) in [5, 5.41) is 4.86. The van der Waals surface area contributed by atoms with E-state index in [0.29, 0.717) is 12.4 Å². The van der Waals surface area contributed by atoms with Gasteiger partial charge in [0.2, 0.25) is 5.89 Å². The molecule has 0 bridgehead atoms. The third-order valence-electron chi connectivity index (χ3n) is 4.77. The minimum Gasteiger partial charge on any atom is -0.436 e. The van der Waals surface area contributed by atoms with Crippen molar-refractivity contribution in [2.24, 2.45) is 0 Å². The molecule has 0 aliphatic heterocycles. The first-order valence-electron chi connectivity index (χ1n) is 9.31. The molecule has 0 amide bonds. The van der Waals surface area contributed by atoms with Crippen molar-refractivity contribution in [1.29, 1.82) is 0 Å². The molecule has 2 aromatic heterocycles. The van der Waals surface area contributed by atoms with E-state index in [0.717, 1.165) is 33.5 Å². The van der Waals surface area contributed by atoms with Gasteiger partial charge in [0.15, 0.2) is 5.58 Å². The SMILES string of the molecule is Cc1ccc2oc(-c3cn(Cc4ccccc4)nc3-c3ccccc3)nc2c1. The van der Waals surface area contributed by atoms with Crippen LogP contribution in [0.5, 0.6) is 0 Å². The third kappa shape index (κ3) is 3.09. The molecule has 4 nitrogen and oxygen atoms in total. The van der Waals surface area contributed by atoms with Gasteiger partial charge in [-0.2, -0.15) is 5.10 Å². The third-order valence-corrected chi connectivity index (χ3v) is 4.77. The maximum atomic E-state index is 6.07. The highest BCUT2D eigenvalue weighted by Crippen LogP contribution is 2.33. The van der Waals surface area contributed by atoms with E-state index in [9.17, 15) is 0 Å². The van der Waals surface area contributed by atoms with Crippen molar-refractivity contribution in [2.75, 3.05) is 0 Å². The van der Waals surface area contributed by atoms with Crippen LogP contribution in [0.4, 0.5) is 0 Å². The predicted molar refractivity (Wildman–Crippen MR) is 111 cm³/mol. The molecule has 0 saturated carbocycles. The topological polar surface area (TPSA) is 43.9 Å². The van der Waals surface area contributed by atoms with Crippen molar-refractivity contribution in [3.8, 4) is 22.7 Å². The zero-order valence-corrected chi connectivity index (χ0v) is 15.5. The maximum absolute atomic E-state index is 6.07. The number of oxazole rings is 1. The Balaban J connectivity index is 1.64. The van der Waals surface area contributed by atoms with Gasteiger partial charge < -0.3 is 4.42 Å². The molecule has 5 rings (SSSR count). The van der Waals surface area contributed by atoms with E-state index < -0.39 is 0 Å². The van der Waals surface area contributed by atoms with Crippen molar-refractivity contribution >= 4 is 11.1 Å². The van der Waals surface area contributed by atoms with Gasteiger partial charge in [0.1, 0.15) is 11.2 Å². The van der Waals surface area contributed by atoms with Gasteiger partial charge in [-0.1, -0.05) is 66.7 Å². The highest BCUT2D eigenvalue weighted by molar-refractivity contribution is 5.82. The zero-order chi connectivity index (χ0) is 18.9. The Morgan fingerprint density at radius 2 is 1.64 bits per heavy atom. The molecule has 0 radical (unpaired) electrons. The average molecular weight is 365 g/mol. The van der Waals surface area contributed by atoms with Crippen LogP contribution in [0.1, 0.15) is 11.1 Å². The van der Waals surface area contributed by atoms with Crippen molar-refractivity contribution in [3.63, 3.8) is 0 Å². The molecule has 136 valence electrons. The minimum absolute atomic E-state index is 0.596. The maximum Gasteiger partial charge on any atom is 0.231 e. The summed E-state index contributed by atoms with van der Waals surface area (Å²) in [5.74, 6) is 0.596. The molecule has 3 aromatic carbocycles. The van der Waals surface area contributed by atoms with Gasteiger partial charge in [0, 0.05) is 11.8 Å². The van der Waals surface area contributed by atoms with E-state index in [1.54, 1.807) is 0 Å². The Morgan fingerprint density at radius 3 is 2.43 bits per heavy atom. The lowest BCUT2D eigenvalue weighted by atomic mass is 10.1. The lowest BCUT2D eigenvalue weighted by Crippen LogP contribution is -1.99. The lowest BCUT2D eigenvalue weighted by molar-refractivity contribution is 0.619. The smallest absolute Gasteiger partial charge is 0.231 e. The molecule has 0 aliphatic rings. The van der Waals surface area contributed by atoms with Crippen molar-refractivity contribution in [1.82, 2.24) is 14.8 Å². The van der Waals surface area contributed by atoms with E-state index >= 15 is 0 Å². The second kappa shape index (κ2) is 6.82. The van der Waals surface area contributed by atoms with E-state index in [2.05, 4.69) is 31.2 Å². The van der Waals surface area contributed by atoms with E-state index in [1.807, 2.05) is 65.5 Å². The van der Waals surface area contributed by atoms with Crippen LogP contribution in [-0.4, -0.2) is 14.8 Å². The van der Waals surface area contributed by atoms with E-state index in [-0.39, 0.29) is 0 Å². The second-order valence-corrected chi connectivity index (χ2v) is 6.93. The zero-order valence-electron chi connectivity index (χ0n) is 15.5. The highest BCUT2D eigenvalue weighted by Gasteiger charge is 2.18. The summed E-state index contributed by atoms with van der Waals surface area (Å²) in [5.41, 5.74) is 6.83. The fourth-order valence-electron chi connectivity index (χ4n) is 3.39. The van der Waals surface area contributed by atoms with Crippen molar-refractivity contribution in [2.45, 2.75) is 13.5 Å². The molecule has 2 heterocycles. The van der Waals surface area contributed by atoms with Crippen LogP contribution in [0.2, 0.25) is 0 Å². The quantitative estimate of drug-likeness (QED) is 0.409. The van der Waals surface area contributed by atoms with Gasteiger partial charge in [-0.15, -0.1) is 0 Å². The summed E-state index contributed by atoms with van der Waals surface area (Å²) >= 11 is 0. The predicted octanol–water partition coefficient (Wildman–Crippen LogP) is 5.72. The number of rotatable bonds is 4. The molecule has 28 heavy (non-hydrogen) atoms. The normalized spacial score (nSPS) is 11.2. The molecule has 0 N–H and O–H groups in total. The largest absolute Gasteiger partial charge is 0.436 e. The van der Waals surface area contributed by atoms with Gasteiger partial charge in [-0.3, -0.25) is 4.68 Å². The molecular weight excluding hydrogens is 346 g/mol. The van der Waals surface area contributed by atoms with Crippen LogP contribution < -0.4 is 0 Å². The van der Waals surface area contributed by atoms with Gasteiger partial charge in [0.05, 0.1) is 12.1 Å². The Kier molecular flexibility index (Phi) is 4.02. The van der Waals surface area contributed by atoms with Crippen LogP contribution in [0.15, 0.2) is 89.5 Å². The summed E-state index contributed by atoms with van der Waals surface area (Å²) in [6, 6.07) is 26.5. The Morgan fingerprint density at radius 1 is 0.893 bits per heavy atom. The molecule has 0 atom stereocenters. The Labute approximate surface area is 163 Å². The molecule has 4 heteroatoms. The molecule has 0 unspecified atom stereocenters. The summed E-state index contributed by atoms with van der Waals surface area (Å²) in [6.07, 6.45) is 2.02. The number of aromatic nitrogens is 3. The number of fused-ring (bicyclic) bond motifs is 1. The lowest BCUT2D eigenvalue weighted by Gasteiger charge is -2.01. The summed E-state index contributed by atoms with van der Waals surface area (Å²) in [4.78, 5) is 4.73. The van der Waals surface area contributed by atoms with Gasteiger partial charge >= 0.3 is 0 Å². The number of benzene rings is 3.